The fraction of sp³-hybridized carbons (Fsp3) is 0.714. The van der Waals surface area contributed by atoms with Crippen molar-refractivity contribution in [2.45, 2.75) is 38.9 Å². The zero-order valence-corrected chi connectivity index (χ0v) is 12.7. The lowest BCUT2D eigenvalue weighted by molar-refractivity contribution is -0.168. The second-order valence-corrected chi connectivity index (χ2v) is 5.84. The van der Waals surface area contributed by atoms with Gasteiger partial charge < -0.3 is 9.47 Å². The maximum atomic E-state index is 12.4. The third-order valence-corrected chi connectivity index (χ3v) is 4.80. The Balaban J connectivity index is 3.20. The normalized spacial score (nSPS) is 19.0. The van der Waals surface area contributed by atoms with Crippen LogP contribution < -0.4 is 0 Å². The molecule has 19 heavy (non-hydrogen) atoms. The molecule has 0 aliphatic carbocycles. The van der Waals surface area contributed by atoms with E-state index in [-0.39, 0.29) is 18.5 Å². The standard InChI is InChI=1S/C14H22O4S/c1-5-17-12(15)14(10(3)4,13(16)18-6-2)11-8-7-9-19-11/h11H,3,5-9H2,1-2,4H3. The van der Waals surface area contributed by atoms with Crippen molar-refractivity contribution in [2.24, 2.45) is 5.41 Å². The number of esters is 2. The van der Waals surface area contributed by atoms with E-state index in [1.54, 1.807) is 32.5 Å². The molecule has 0 bridgehead atoms. The van der Waals surface area contributed by atoms with Crippen LogP contribution in [0.2, 0.25) is 0 Å². The largest absolute Gasteiger partial charge is 0.465 e. The second-order valence-electron chi connectivity index (χ2n) is 4.53. The van der Waals surface area contributed by atoms with Crippen molar-refractivity contribution in [1.82, 2.24) is 0 Å². The molecule has 1 unspecified atom stereocenters. The van der Waals surface area contributed by atoms with Crippen LogP contribution in [0.25, 0.3) is 0 Å². The van der Waals surface area contributed by atoms with E-state index in [1.807, 2.05) is 0 Å². The molecular formula is C14H22O4S. The van der Waals surface area contributed by atoms with E-state index in [4.69, 9.17) is 9.47 Å². The lowest BCUT2D eigenvalue weighted by atomic mass is 9.76. The average molecular weight is 286 g/mol. The van der Waals surface area contributed by atoms with Gasteiger partial charge in [0.1, 0.15) is 0 Å². The minimum Gasteiger partial charge on any atom is -0.465 e. The third-order valence-electron chi connectivity index (χ3n) is 3.28. The number of hydrogen-bond acceptors (Lipinski definition) is 5. The van der Waals surface area contributed by atoms with E-state index < -0.39 is 17.4 Å². The molecule has 1 atom stereocenters. The van der Waals surface area contributed by atoms with Gasteiger partial charge in [0.15, 0.2) is 5.41 Å². The van der Waals surface area contributed by atoms with E-state index in [2.05, 4.69) is 6.58 Å². The van der Waals surface area contributed by atoms with E-state index in [0.29, 0.717) is 5.57 Å². The van der Waals surface area contributed by atoms with Crippen molar-refractivity contribution in [3.05, 3.63) is 12.2 Å². The summed E-state index contributed by atoms with van der Waals surface area (Å²) in [5.74, 6) is -0.112. The maximum Gasteiger partial charge on any atom is 0.328 e. The van der Waals surface area contributed by atoms with Gasteiger partial charge in [0.05, 0.1) is 13.2 Å². The van der Waals surface area contributed by atoms with Crippen LogP contribution in [0.15, 0.2) is 12.2 Å². The first-order valence-electron chi connectivity index (χ1n) is 6.63. The van der Waals surface area contributed by atoms with Gasteiger partial charge in [-0.05, 0) is 39.4 Å². The second kappa shape index (κ2) is 6.98. The molecule has 1 rings (SSSR count). The highest BCUT2D eigenvalue weighted by Gasteiger charge is 2.56. The number of carbonyl (C=O) groups is 2. The van der Waals surface area contributed by atoms with Crippen LogP contribution >= 0.6 is 11.8 Å². The van der Waals surface area contributed by atoms with E-state index >= 15 is 0 Å². The first kappa shape index (κ1) is 16.1. The zero-order chi connectivity index (χ0) is 14.5. The summed E-state index contributed by atoms with van der Waals surface area (Å²) in [5.41, 5.74) is -0.850. The molecule has 1 saturated heterocycles. The summed E-state index contributed by atoms with van der Waals surface area (Å²) in [6.45, 7) is 9.51. The fourth-order valence-electron chi connectivity index (χ4n) is 2.38. The molecule has 1 heterocycles. The number of ether oxygens (including phenoxy) is 2. The molecule has 1 aliphatic rings. The zero-order valence-electron chi connectivity index (χ0n) is 11.9. The third kappa shape index (κ3) is 2.96. The van der Waals surface area contributed by atoms with Crippen molar-refractivity contribution in [3.8, 4) is 0 Å². The molecule has 0 aromatic heterocycles. The van der Waals surface area contributed by atoms with Crippen LogP contribution in [0, 0.1) is 5.41 Å². The van der Waals surface area contributed by atoms with Crippen molar-refractivity contribution < 1.29 is 19.1 Å². The highest BCUT2D eigenvalue weighted by atomic mass is 32.2. The molecule has 0 spiro atoms. The molecule has 0 saturated carbocycles. The van der Waals surface area contributed by atoms with Gasteiger partial charge in [0.2, 0.25) is 0 Å². The molecule has 0 amide bonds. The average Bonchev–Trinajstić information content (AvgIpc) is 2.84. The summed E-state index contributed by atoms with van der Waals surface area (Å²) in [6, 6.07) is 0. The first-order chi connectivity index (χ1) is 9.01. The monoisotopic (exact) mass is 286 g/mol. The minimum atomic E-state index is -1.35. The number of hydrogen-bond donors (Lipinski definition) is 0. The predicted molar refractivity (Wildman–Crippen MR) is 76.0 cm³/mol. The highest BCUT2D eigenvalue weighted by molar-refractivity contribution is 8.00. The maximum absolute atomic E-state index is 12.4. The summed E-state index contributed by atoms with van der Waals surface area (Å²) in [7, 11) is 0. The van der Waals surface area contributed by atoms with Gasteiger partial charge in [-0.15, -0.1) is 0 Å². The van der Waals surface area contributed by atoms with Gasteiger partial charge in [-0.3, -0.25) is 9.59 Å². The Bertz CT molecular complexity index is 340. The summed E-state index contributed by atoms with van der Waals surface area (Å²) >= 11 is 1.62. The Kier molecular flexibility index (Phi) is 5.91. The van der Waals surface area contributed by atoms with Gasteiger partial charge in [-0.2, -0.15) is 11.8 Å². The van der Waals surface area contributed by atoms with Gasteiger partial charge in [0.25, 0.3) is 0 Å². The SMILES string of the molecule is C=C(C)C(C(=O)OCC)(C(=O)OCC)C1CCCS1. The van der Waals surface area contributed by atoms with Gasteiger partial charge >= 0.3 is 11.9 Å². The number of thioether (sulfide) groups is 1. The molecule has 0 N–H and O–H groups in total. The summed E-state index contributed by atoms with van der Waals surface area (Å²) < 4.78 is 10.3. The van der Waals surface area contributed by atoms with Crippen molar-refractivity contribution in [2.75, 3.05) is 19.0 Å². The van der Waals surface area contributed by atoms with Gasteiger partial charge in [-0.25, -0.2) is 0 Å². The molecule has 0 aromatic carbocycles. The van der Waals surface area contributed by atoms with Crippen LogP contribution in [-0.4, -0.2) is 36.2 Å². The van der Waals surface area contributed by atoms with Crippen molar-refractivity contribution >= 4 is 23.7 Å². The van der Waals surface area contributed by atoms with Gasteiger partial charge in [0, 0.05) is 5.25 Å². The highest BCUT2D eigenvalue weighted by Crippen LogP contribution is 2.46. The first-order valence-corrected chi connectivity index (χ1v) is 7.68. The lowest BCUT2D eigenvalue weighted by Crippen LogP contribution is -2.49. The van der Waals surface area contributed by atoms with Crippen molar-refractivity contribution in [1.29, 1.82) is 0 Å². The summed E-state index contributed by atoms with van der Waals surface area (Å²) in [6.07, 6.45) is 1.79. The molecule has 4 nitrogen and oxygen atoms in total. The molecule has 5 heteroatoms. The van der Waals surface area contributed by atoms with Crippen LogP contribution in [0.3, 0.4) is 0 Å². The smallest absolute Gasteiger partial charge is 0.328 e. The Morgan fingerprint density at radius 1 is 1.26 bits per heavy atom. The van der Waals surface area contributed by atoms with Crippen LogP contribution in [-0.2, 0) is 19.1 Å². The fourth-order valence-corrected chi connectivity index (χ4v) is 3.97. The van der Waals surface area contributed by atoms with Crippen LogP contribution in [0.1, 0.15) is 33.6 Å². The van der Waals surface area contributed by atoms with Crippen LogP contribution in [0.5, 0.6) is 0 Å². The van der Waals surface area contributed by atoms with Crippen LogP contribution in [0.4, 0.5) is 0 Å². The summed E-state index contributed by atoms with van der Waals surface area (Å²) in [5, 5.41) is -0.136. The quantitative estimate of drug-likeness (QED) is 0.427. The number of carbonyl (C=O) groups excluding carboxylic acids is 2. The topological polar surface area (TPSA) is 52.6 Å². The molecule has 1 aliphatic heterocycles. The Labute approximate surface area is 118 Å². The molecule has 0 radical (unpaired) electrons. The van der Waals surface area contributed by atoms with E-state index in [9.17, 15) is 9.59 Å². The van der Waals surface area contributed by atoms with E-state index in [1.165, 1.54) is 0 Å². The molecule has 0 aromatic rings. The molecule has 108 valence electrons. The molecular weight excluding hydrogens is 264 g/mol. The number of rotatable bonds is 6. The Morgan fingerprint density at radius 3 is 2.11 bits per heavy atom. The minimum absolute atomic E-state index is 0.136. The van der Waals surface area contributed by atoms with E-state index in [0.717, 1.165) is 18.6 Å². The molecule has 1 fully saturated rings. The van der Waals surface area contributed by atoms with Gasteiger partial charge in [-0.1, -0.05) is 12.2 Å². The Hall–Kier alpha value is -0.970. The summed E-state index contributed by atoms with van der Waals surface area (Å²) in [4.78, 5) is 24.8. The Morgan fingerprint density at radius 2 is 1.79 bits per heavy atom. The predicted octanol–water partition coefficient (Wildman–Crippen LogP) is 2.57. The van der Waals surface area contributed by atoms with Crippen molar-refractivity contribution in [3.63, 3.8) is 0 Å². The lowest BCUT2D eigenvalue weighted by Gasteiger charge is -2.34.